The molecule has 0 saturated heterocycles. The van der Waals surface area contributed by atoms with Crippen LogP contribution in [0.5, 0.6) is 17.2 Å². The topological polar surface area (TPSA) is 61.8 Å². The average Bonchev–Trinajstić information content (AvgIpc) is 2.97. The first-order valence-electron chi connectivity index (χ1n) is 8.68. The van der Waals surface area contributed by atoms with E-state index in [9.17, 15) is 9.59 Å². The summed E-state index contributed by atoms with van der Waals surface area (Å²) in [5.41, 5.74) is 1.26. The molecule has 1 aliphatic rings. The molecule has 0 saturated carbocycles. The summed E-state index contributed by atoms with van der Waals surface area (Å²) >= 11 is 5.57. The smallest absolute Gasteiger partial charge is 0.311 e. The van der Waals surface area contributed by atoms with Crippen molar-refractivity contribution < 1.29 is 23.8 Å². The zero-order valence-corrected chi connectivity index (χ0v) is 15.6. The summed E-state index contributed by atoms with van der Waals surface area (Å²) < 4.78 is 16.3. The SMILES string of the molecule is CCOc1ccc(C=C2Oc3cc(OC(=O)CCCCl)ccc3C2=O)cc1. The Morgan fingerprint density at radius 1 is 1.15 bits per heavy atom. The molecule has 6 heteroatoms. The number of fused-ring (bicyclic) bond motifs is 1. The van der Waals surface area contributed by atoms with Crippen LogP contribution in [-0.4, -0.2) is 24.2 Å². The molecular weight excluding hydrogens is 368 g/mol. The molecule has 2 aromatic carbocycles. The summed E-state index contributed by atoms with van der Waals surface area (Å²) in [5, 5.41) is 0. The molecule has 5 nitrogen and oxygen atoms in total. The first kappa shape index (κ1) is 19.0. The molecule has 0 amide bonds. The van der Waals surface area contributed by atoms with Gasteiger partial charge in [-0.05, 0) is 49.2 Å². The predicted molar refractivity (Wildman–Crippen MR) is 103 cm³/mol. The van der Waals surface area contributed by atoms with E-state index < -0.39 is 0 Å². The van der Waals surface area contributed by atoms with Gasteiger partial charge in [0, 0.05) is 18.4 Å². The Bertz CT molecular complexity index is 871. The minimum Gasteiger partial charge on any atom is -0.494 e. The highest BCUT2D eigenvalue weighted by Crippen LogP contribution is 2.35. The maximum atomic E-state index is 12.5. The summed E-state index contributed by atoms with van der Waals surface area (Å²) in [6, 6.07) is 12.1. The number of Topliss-reactive ketones (excluding diaryl/α,β-unsaturated/α-hetero) is 1. The van der Waals surface area contributed by atoms with Gasteiger partial charge in [-0.3, -0.25) is 9.59 Å². The van der Waals surface area contributed by atoms with Crippen LogP contribution in [0.3, 0.4) is 0 Å². The predicted octanol–water partition coefficient (Wildman–Crippen LogP) is 4.63. The lowest BCUT2D eigenvalue weighted by atomic mass is 10.1. The van der Waals surface area contributed by atoms with E-state index in [2.05, 4.69) is 0 Å². The molecule has 0 bridgehead atoms. The van der Waals surface area contributed by atoms with Gasteiger partial charge in [0.2, 0.25) is 5.78 Å². The summed E-state index contributed by atoms with van der Waals surface area (Å²) in [6.07, 6.45) is 2.46. The third-order valence-corrected chi connectivity index (χ3v) is 4.14. The molecular formula is C21H19ClO5. The second-order valence-electron chi connectivity index (χ2n) is 5.87. The molecule has 1 heterocycles. The van der Waals surface area contributed by atoms with Crippen LogP contribution in [0.25, 0.3) is 6.08 Å². The van der Waals surface area contributed by atoms with E-state index in [0.29, 0.717) is 36.0 Å². The average molecular weight is 387 g/mol. The zero-order chi connectivity index (χ0) is 19.2. The molecule has 0 aliphatic carbocycles. The standard InChI is InChI=1S/C21H19ClO5/c1-2-25-15-7-5-14(6-8-15)12-19-21(24)17-10-9-16(13-18(17)27-19)26-20(23)4-3-11-22/h5-10,12-13H,2-4,11H2,1H3. The largest absolute Gasteiger partial charge is 0.494 e. The summed E-state index contributed by atoms with van der Waals surface area (Å²) in [7, 11) is 0. The lowest BCUT2D eigenvalue weighted by Crippen LogP contribution is -2.07. The van der Waals surface area contributed by atoms with Crippen LogP contribution in [0.2, 0.25) is 0 Å². The van der Waals surface area contributed by atoms with Gasteiger partial charge in [-0.25, -0.2) is 0 Å². The van der Waals surface area contributed by atoms with Crippen molar-refractivity contribution >= 4 is 29.4 Å². The van der Waals surface area contributed by atoms with Gasteiger partial charge in [-0.15, -0.1) is 11.6 Å². The van der Waals surface area contributed by atoms with Crippen molar-refractivity contribution in [3.8, 4) is 17.2 Å². The van der Waals surface area contributed by atoms with E-state index in [1.165, 1.54) is 0 Å². The number of halogens is 1. The van der Waals surface area contributed by atoms with E-state index in [1.807, 2.05) is 31.2 Å². The quantitative estimate of drug-likeness (QED) is 0.300. The van der Waals surface area contributed by atoms with Gasteiger partial charge in [-0.1, -0.05) is 12.1 Å². The van der Waals surface area contributed by atoms with E-state index in [0.717, 1.165) is 11.3 Å². The fourth-order valence-electron chi connectivity index (χ4n) is 2.60. The molecule has 2 aromatic rings. The Hall–Kier alpha value is -2.79. The molecule has 1 aliphatic heterocycles. The van der Waals surface area contributed by atoms with Crippen LogP contribution in [0.1, 0.15) is 35.7 Å². The van der Waals surface area contributed by atoms with Gasteiger partial charge >= 0.3 is 5.97 Å². The summed E-state index contributed by atoms with van der Waals surface area (Å²) in [6.45, 7) is 2.51. The van der Waals surface area contributed by atoms with Crippen molar-refractivity contribution in [2.75, 3.05) is 12.5 Å². The maximum Gasteiger partial charge on any atom is 0.311 e. The molecule has 0 fully saturated rings. The van der Waals surface area contributed by atoms with Crippen molar-refractivity contribution in [3.05, 3.63) is 59.4 Å². The molecule has 0 radical (unpaired) electrons. The molecule has 0 N–H and O–H groups in total. The van der Waals surface area contributed by atoms with Gasteiger partial charge in [0.15, 0.2) is 5.76 Å². The van der Waals surface area contributed by atoms with Crippen molar-refractivity contribution in [1.29, 1.82) is 0 Å². The summed E-state index contributed by atoms with van der Waals surface area (Å²) in [4.78, 5) is 24.2. The number of alkyl halides is 1. The second kappa shape index (κ2) is 8.73. The van der Waals surface area contributed by atoms with E-state index in [4.69, 9.17) is 25.8 Å². The molecule has 0 unspecified atom stereocenters. The number of allylic oxidation sites excluding steroid dienone is 1. The number of ether oxygens (including phenoxy) is 3. The Morgan fingerprint density at radius 3 is 2.59 bits per heavy atom. The minimum atomic E-state index is -0.370. The van der Waals surface area contributed by atoms with Crippen LogP contribution in [-0.2, 0) is 4.79 Å². The van der Waals surface area contributed by atoms with Gasteiger partial charge in [0.25, 0.3) is 0 Å². The summed E-state index contributed by atoms with van der Waals surface area (Å²) in [5.74, 6) is 1.52. The Labute approximate surface area is 162 Å². The first-order chi connectivity index (χ1) is 13.1. The minimum absolute atomic E-state index is 0.209. The molecule has 0 atom stereocenters. The van der Waals surface area contributed by atoms with Crippen LogP contribution < -0.4 is 14.2 Å². The number of ketones is 1. The number of rotatable bonds is 7. The van der Waals surface area contributed by atoms with Gasteiger partial charge in [0.1, 0.15) is 17.2 Å². The van der Waals surface area contributed by atoms with Crippen molar-refractivity contribution in [2.24, 2.45) is 0 Å². The third-order valence-electron chi connectivity index (χ3n) is 3.88. The van der Waals surface area contributed by atoms with Crippen molar-refractivity contribution in [3.63, 3.8) is 0 Å². The normalized spacial score (nSPS) is 14.0. The van der Waals surface area contributed by atoms with E-state index >= 15 is 0 Å². The maximum absolute atomic E-state index is 12.5. The van der Waals surface area contributed by atoms with Crippen molar-refractivity contribution in [2.45, 2.75) is 19.8 Å². The van der Waals surface area contributed by atoms with E-state index in [-0.39, 0.29) is 23.9 Å². The number of carbonyl (C=O) groups excluding carboxylic acids is 2. The van der Waals surface area contributed by atoms with Gasteiger partial charge in [-0.2, -0.15) is 0 Å². The second-order valence-corrected chi connectivity index (χ2v) is 6.24. The number of hydrogen-bond acceptors (Lipinski definition) is 5. The van der Waals surface area contributed by atoms with Gasteiger partial charge < -0.3 is 14.2 Å². The number of hydrogen-bond donors (Lipinski definition) is 0. The van der Waals surface area contributed by atoms with Crippen LogP contribution in [0, 0.1) is 0 Å². The van der Waals surface area contributed by atoms with E-state index in [1.54, 1.807) is 24.3 Å². The number of benzene rings is 2. The van der Waals surface area contributed by atoms with Crippen molar-refractivity contribution in [1.82, 2.24) is 0 Å². The Morgan fingerprint density at radius 2 is 1.89 bits per heavy atom. The molecule has 27 heavy (non-hydrogen) atoms. The number of carbonyl (C=O) groups is 2. The van der Waals surface area contributed by atoms with Crippen LogP contribution >= 0.6 is 11.6 Å². The molecule has 0 spiro atoms. The van der Waals surface area contributed by atoms with Gasteiger partial charge in [0.05, 0.1) is 12.2 Å². The highest BCUT2D eigenvalue weighted by Gasteiger charge is 2.28. The zero-order valence-electron chi connectivity index (χ0n) is 14.9. The lowest BCUT2D eigenvalue weighted by Gasteiger charge is -2.05. The fourth-order valence-corrected chi connectivity index (χ4v) is 2.74. The molecule has 0 aromatic heterocycles. The monoisotopic (exact) mass is 386 g/mol. The van der Waals surface area contributed by atoms with Crippen LogP contribution in [0.15, 0.2) is 48.2 Å². The lowest BCUT2D eigenvalue weighted by molar-refractivity contribution is -0.134. The molecule has 3 rings (SSSR count). The highest BCUT2D eigenvalue weighted by atomic mass is 35.5. The number of esters is 1. The Kier molecular flexibility index (Phi) is 6.14. The Balaban J connectivity index is 1.73. The van der Waals surface area contributed by atoms with Crippen LogP contribution in [0.4, 0.5) is 0 Å². The molecule has 140 valence electrons. The first-order valence-corrected chi connectivity index (χ1v) is 9.22. The highest BCUT2D eigenvalue weighted by molar-refractivity contribution is 6.18. The fraction of sp³-hybridized carbons (Fsp3) is 0.238. The third kappa shape index (κ3) is 4.68.